The molecule has 1 rings (SSSR count). The first-order valence-electron chi connectivity index (χ1n) is 4.55. The molecule has 0 spiro atoms. The number of nitrogens with zero attached hydrogens (tertiary/aromatic N) is 2. The average molecular weight is 185 g/mol. The quantitative estimate of drug-likeness (QED) is 0.634. The highest BCUT2D eigenvalue weighted by Crippen LogP contribution is 2.13. The third kappa shape index (κ3) is 2.24. The smallest absolute Gasteiger partial charge is 0.241 e. The molecule has 1 amide bonds. The van der Waals surface area contributed by atoms with Crippen molar-refractivity contribution < 1.29 is 4.79 Å². The maximum absolute atomic E-state index is 11.5. The van der Waals surface area contributed by atoms with E-state index in [-0.39, 0.29) is 5.91 Å². The number of nitrogens with two attached hydrogens (primary N) is 1. The highest BCUT2D eigenvalue weighted by atomic mass is 16.3. The predicted molar refractivity (Wildman–Crippen MR) is 48.8 cm³/mol. The van der Waals surface area contributed by atoms with Crippen molar-refractivity contribution in [2.24, 2.45) is 10.9 Å². The Morgan fingerprint density at radius 1 is 1.62 bits per heavy atom. The normalized spacial score (nSPS) is 26.8. The second kappa shape index (κ2) is 4.32. The SMILES string of the molecule is CC(N=O)N1CCCC[C@H](N)C1=O. The zero-order chi connectivity index (χ0) is 9.84. The summed E-state index contributed by atoms with van der Waals surface area (Å²) in [5.74, 6) is -0.149. The molecular weight excluding hydrogens is 170 g/mol. The van der Waals surface area contributed by atoms with E-state index < -0.39 is 12.2 Å². The molecule has 0 aromatic rings. The van der Waals surface area contributed by atoms with Gasteiger partial charge in [0.15, 0.2) is 6.17 Å². The zero-order valence-corrected chi connectivity index (χ0v) is 7.77. The minimum atomic E-state index is -0.586. The molecule has 1 fully saturated rings. The molecule has 0 radical (unpaired) electrons. The summed E-state index contributed by atoms with van der Waals surface area (Å²) < 4.78 is 0. The van der Waals surface area contributed by atoms with Crippen molar-refractivity contribution in [3.63, 3.8) is 0 Å². The van der Waals surface area contributed by atoms with Crippen LogP contribution in [0.4, 0.5) is 0 Å². The van der Waals surface area contributed by atoms with Crippen molar-refractivity contribution in [2.75, 3.05) is 6.54 Å². The third-order valence-electron chi connectivity index (χ3n) is 2.37. The van der Waals surface area contributed by atoms with Crippen molar-refractivity contribution in [1.29, 1.82) is 0 Å². The summed E-state index contributed by atoms with van der Waals surface area (Å²) in [7, 11) is 0. The van der Waals surface area contributed by atoms with E-state index in [1.165, 1.54) is 4.90 Å². The number of hydrogen-bond acceptors (Lipinski definition) is 4. The first-order chi connectivity index (χ1) is 6.16. The second-order valence-corrected chi connectivity index (χ2v) is 3.37. The molecule has 0 aromatic heterocycles. The first kappa shape index (κ1) is 10.1. The maximum atomic E-state index is 11.5. The summed E-state index contributed by atoms with van der Waals surface area (Å²) in [5.41, 5.74) is 5.63. The van der Waals surface area contributed by atoms with Crippen LogP contribution >= 0.6 is 0 Å². The van der Waals surface area contributed by atoms with Gasteiger partial charge in [-0.3, -0.25) is 4.79 Å². The Morgan fingerprint density at radius 2 is 2.31 bits per heavy atom. The molecule has 2 N–H and O–H groups in total. The standard InChI is InChI=1S/C8H15N3O2/c1-6(10-13)11-5-3-2-4-7(9)8(11)12/h6-7H,2-5,9H2,1H3/t6?,7-/m0/s1. The fourth-order valence-corrected chi connectivity index (χ4v) is 1.52. The van der Waals surface area contributed by atoms with Crippen molar-refractivity contribution in [1.82, 2.24) is 4.90 Å². The van der Waals surface area contributed by atoms with Crippen LogP contribution in [0, 0.1) is 4.91 Å². The number of amides is 1. The van der Waals surface area contributed by atoms with Crippen LogP contribution in [0.25, 0.3) is 0 Å². The summed E-state index contributed by atoms with van der Waals surface area (Å²) in [4.78, 5) is 23.3. The maximum Gasteiger partial charge on any atom is 0.241 e. The summed E-state index contributed by atoms with van der Waals surface area (Å²) in [6.07, 6.45) is 1.96. The summed E-state index contributed by atoms with van der Waals surface area (Å²) in [6, 6.07) is -0.452. The lowest BCUT2D eigenvalue weighted by atomic mass is 10.1. The Balaban J connectivity index is 2.69. The Morgan fingerprint density at radius 3 is 2.92 bits per heavy atom. The van der Waals surface area contributed by atoms with Crippen LogP contribution in [0.5, 0.6) is 0 Å². The van der Waals surface area contributed by atoms with Crippen LogP contribution in [0.15, 0.2) is 5.18 Å². The van der Waals surface area contributed by atoms with E-state index in [0.717, 1.165) is 12.8 Å². The van der Waals surface area contributed by atoms with E-state index >= 15 is 0 Å². The van der Waals surface area contributed by atoms with Crippen molar-refractivity contribution in [3.8, 4) is 0 Å². The lowest BCUT2D eigenvalue weighted by molar-refractivity contribution is -0.133. The van der Waals surface area contributed by atoms with Gasteiger partial charge in [-0.25, -0.2) is 0 Å². The van der Waals surface area contributed by atoms with Gasteiger partial charge >= 0.3 is 0 Å². The molecular formula is C8H15N3O2. The van der Waals surface area contributed by atoms with Gasteiger partial charge in [-0.2, -0.15) is 0 Å². The molecule has 74 valence electrons. The minimum absolute atomic E-state index is 0.149. The van der Waals surface area contributed by atoms with Crippen LogP contribution in [-0.2, 0) is 4.79 Å². The number of carbonyl (C=O) groups is 1. The van der Waals surface area contributed by atoms with Gasteiger partial charge in [0.25, 0.3) is 0 Å². The monoisotopic (exact) mass is 185 g/mol. The first-order valence-corrected chi connectivity index (χ1v) is 4.55. The Labute approximate surface area is 77.2 Å². The molecule has 1 aliphatic heterocycles. The Hall–Kier alpha value is -0.970. The molecule has 0 aromatic carbocycles. The number of rotatable bonds is 2. The van der Waals surface area contributed by atoms with Crippen LogP contribution < -0.4 is 5.73 Å². The van der Waals surface area contributed by atoms with Crippen LogP contribution in [0.1, 0.15) is 26.2 Å². The summed E-state index contributed by atoms with van der Waals surface area (Å²) in [6.45, 7) is 2.21. The van der Waals surface area contributed by atoms with E-state index in [1.54, 1.807) is 6.92 Å². The van der Waals surface area contributed by atoms with Gasteiger partial charge in [-0.15, -0.1) is 4.91 Å². The Bertz CT molecular complexity index is 208. The highest BCUT2D eigenvalue weighted by molar-refractivity contribution is 5.82. The van der Waals surface area contributed by atoms with E-state index in [9.17, 15) is 9.70 Å². The molecule has 2 atom stereocenters. The molecule has 0 saturated carbocycles. The van der Waals surface area contributed by atoms with Gasteiger partial charge in [0, 0.05) is 6.54 Å². The van der Waals surface area contributed by atoms with Gasteiger partial charge in [0.05, 0.1) is 6.04 Å². The number of carbonyl (C=O) groups excluding carboxylic acids is 1. The van der Waals surface area contributed by atoms with Crippen molar-refractivity contribution in [3.05, 3.63) is 4.91 Å². The fraction of sp³-hybridized carbons (Fsp3) is 0.875. The number of likely N-dealkylation sites (tertiary alicyclic amines) is 1. The number of nitroso groups, excluding NO2 is 1. The van der Waals surface area contributed by atoms with Crippen LogP contribution in [-0.4, -0.2) is 29.6 Å². The molecule has 5 nitrogen and oxygen atoms in total. The average Bonchev–Trinajstić information content (AvgIpc) is 2.29. The molecule has 1 saturated heterocycles. The lowest BCUT2D eigenvalue weighted by Crippen LogP contribution is -2.45. The summed E-state index contributed by atoms with van der Waals surface area (Å²) >= 11 is 0. The fourth-order valence-electron chi connectivity index (χ4n) is 1.52. The molecule has 13 heavy (non-hydrogen) atoms. The van der Waals surface area contributed by atoms with Gasteiger partial charge < -0.3 is 10.6 Å². The second-order valence-electron chi connectivity index (χ2n) is 3.37. The third-order valence-corrected chi connectivity index (χ3v) is 2.37. The van der Waals surface area contributed by atoms with Gasteiger partial charge in [0.2, 0.25) is 5.91 Å². The zero-order valence-electron chi connectivity index (χ0n) is 7.77. The molecule has 0 aliphatic carbocycles. The molecule has 5 heteroatoms. The molecule has 1 heterocycles. The van der Waals surface area contributed by atoms with Crippen molar-refractivity contribution >= 4 is 5.91 Å². The van der Waals surface area contributed by atoms with Gasteiger partial charge in [-0.05, 0) is 31.4 Å². The van der Waals surface area contributed by atoms with Crippen LogP contribution in [0.3, 0.4) is 0 Å². The predicted octanol–water partition coefficient (Wildman–Crippen LogP) is 0.439. The minimum Gasteiger partial charge on any atom is -0.320 e. The molecule has 0 bridgehead atoms. The van der Waals surface area contributed by atoms with E-state index in [0.29, 0.717) is 13.0 Å². The largest absolute Gasteiger partial charge is 0.320 e. The highest BCUT2D eigenvalue weighted by Gasteiger charge is 2.27. The van der Waals surface area contributed by atoms with E-state index in [4.69, 9.17) is 5.73 Å². The topological polar surface area (TPSA) is 75.8 Å². The summed E-state index contributed by atoms with van der Waals surface area (Å²) in [5, 5.41) is 2.84. The van der Waals surface area contributed by atoms with Crippen LogP contribution in [0.2, 0.25) is 0 Å². The lowest BCUT2D eigenvalue weighted by Gasteiger charge is -2.24. The number of hydrogen-bond donors (Lipinski definition) is 1. The van der Waals surface area contributed by atoms with Crippen molar-refractivity contribution in [2.45, 2.75) is 38.4 Å². The molecule has 1 aliphatic rings. The molecule has 1 unspecified atom stereocenters. The van der Waals surface area contributed by atoms with E-state index in [1.807, 2.05) is 0 Å². The Kier molecular flexibility index (Phi) is 3.36. The van der Waals surface area contributed by atoms with E-state index in [2.05, 4.69) is 5.18 Å². The van der Waals surface area contributed by atoms with Gasteiger partial charge in [-0.1, -0.05) is 0 Å². The van der Waals surface area contributed by atoms with Gasteiger partial charge in [0.1, 0.15) is 0 Å².